The minimum atomic E-state index is 1.12. The van der Waals surface area contributed by atoms with E-state index >= 15 is 0 Å². The van der Waals surface area contributed by atoms with Crippen molar-refractivity contribution < 1.29 is 0 Å². The molecule has 0 aliphatic carbocycles. The van der Waals surface area contributed by atoms with E-state index in [1.54, 1.807) is 0 Å². The lowest BCUT2D eigenvalue weighted by molar-refractivity contribution is 1.29. The minimum absolute atomic E-state index is 1.12. The van der Waals surface area contributed by atoms with Crippen molar-refractivity contribution in [2.45, 2.75) is 0 Å². The summed E-state index contributed by atoms with van der Waals surface area (Å²) >= 11 is 0. The topological polar surface area (TPSA) is 13.0 Å². The molecule has 0 aliphatic rings. The number of anilines is 12. The Morgan fingerprint density at radius 3 is 0.545 bits per heavy atom. The van der Waals surface area contributed by atoms with Gasteiger partial charge in [-0.1, -0.05) is 400 Å². The molecule has 4 nitrogen and oxygen atoms in total. The van der Waals surface area contributed by atoms with E-state index in [-0.39, 0.29) is 0 Å². The number of rotatable bonds is 18. The Hall–Kier alpha value is -17.4. The number of hydrogen-bond donors (Lipinski definition) is 0. The van der Waals surface area contributed by atoms with Crippen molar-refractivity contribution in [3.63, 3.8) is 0 Å². The second-order valence-corrected chi connectivity index (χ2v) is 33.6. The van der Waals surface area contributed by atoms with Crippen molar-refractivity contribution in [1.29, 1.82) is 0 Å². The first-order valence-corrected chi connectivity index (χ1v) is 45.4. The zero-order valence-electron chi connectivity index (χ0n) is 72.6. The molecule has 0 saturated heterocycles. The van der Waals surface area contributed by atoms with Gasteiger partial charge in [-0.3, -0.25) is 0 Å². The van der Waals surface area contributed by atoms with Gasteiger partial charge in [0.25, 0.3) is 0 Å². The van der Waals surface area contributed by atoms with Gasteiger partial charge in [0.05, 0.1) is 17.1 Å². The molecule has 132 heavy (non-hydrogen) atoms. The van der Waals surface area contributed by atoms with Crippen LogP contribution in [0, 0.1) is 0 Å². The molecule has 24 rings (SSSR count). The second-order valence-electron chi connectivity index (χ2n) is 33.6. The maximum absolute atomic E-state index is 2.36. The van der Waals surface area contributed by atoms with Gasteiger partial charge in [0.1, 0.15) is 0 Å². The Labute approximate surface area is 769 Å². The molecule has 0 atom stereocenters. The standard InChI is InChI=1S/2C64H44N2/c1-5-21-45(22-6-1)65(46-23-7-2-8-24-46)63-43-41-59(55-31-15-17-33-61(55)63)54-38-20-35-51-52(54)36-19-37-53(51)57-39-40-58(50-30-14-13-29-49(50)57)60-42-44-64(62-34-18-16-32-56(60)62)66(47-25-9-3-10-26-47)48-27-11-4-12-28-48;1-5-19-48(20-6-1)65(49-21-7-2-8-22-49)52-38-37-45-43-47(36-35-46(45)44-52)53-39-40-61(55-28-14-13-27-54(53)55)58-33-17-32-57-56(58)31-18-34-59(57)62-41-42-64(63-30-16-15-29-60(62)63)66(50-23-9-3-10-24-50)51-25-11-4-12-26-51/h2*1-44H. The summed E-state index contributed by atoms with van der Waals surface area (Å²) in [6.07, 6.45) is 0. The second kappa shape index (κ2) is 35.1. The number of fused-ring (bicyclic) bond motifs is 8. The predicted octanol–water partition coefficient (Wildman–Crippen LogP) is 36.5. The molecule has 0 saturated carbocycles. The van der Waals surface area contributed by atoms with E-state index in [1.165, 1.54) is 153 Å². The number of hydrogen-bond acceptors (Lipinski definition) is 4. The fourth-order valence-corrected chi connectivity index (χ4v) is 20.1. The van der Waals surface area contributed by atoms with Crippen LogP contribution in [-0.4, -0.2) is 0 Å². The summed E-state index contributed by atoms with van der Waals surface area (Å²) in [6, 6.07) is 194. The highest BCUT2D eigenvalue weighted by Crippen LogP contribution is 2.51. The third-order valence-electron chi connectivity index (χ3n) is 26.1. The van der Waals surface area contributed by atoms with E-state index in [2.05, 4.69) is 553 Å². The fraction of sp³-hybridized carbons (Fsp3) is 0. The molecule has 0 heterocycles. The van der Waals surface area contributed by atoms with Gasteiger partial charge in [0.2, 0.25) is 0 Å². The van der Waals surface area contributed by atoms with Crippen molar-refractivity contribution in [3.8, 4) is 66.8 Å². The normalized spacial score (nSPS) is 11.3. The van der Waals surface area contributed by atoms with E-state index in [4.69, 9.17) is 0 Å². The molecule has 0 amide bonds. The van der Waals surface area contributed by atoms with Crippen LogP contribution in [0.5, 0.6) is 0 Å². The van der Waals surface area contributed by atoms with Crippen molar-refractivity contribution in [2.24, 2.45) is 0 Å². The molecule has 0 fully saturated rings. The Morgan fingerprint density at radius 2 is 0.280 bits per heavy atom. The van der Waals surface area contributed by atoms with Crippen molar-refractivity contribution in [1.82, 2.24) is 0 Å². The van der Waals surface area contributed by atoms with Crippen LogP contribution in [0.3, 0.4) is 0 Å². The highest BCUT2D eigenvalue weighted by atomic mass is 15.2. The maximum Gasteiger partial charge on any atom is 0.0540 e. The van der Waals surface area contributed by atoms with Crippen LogP contribution < -0.4 is 19.6 Å². The summed E-state index contributed by atoms with van der Waals surface area (Å²) in [5.74, 6) is 0. The highest BCUT2D eigenvalue weighted by Gasteiger charge is 2.25. The molecule has 24 aromatic carbocycles. The lowest BCUT2D eigenvalue weighted by atomic mass is 9.87. The van der Waals surface area contributed by atoms with Crippen LogP contribution in [0.25, 0.3) is 153 Å². The molecular weight excluding hydrogens is 1590 g/mol. The molecule has 4 heteroatoms. The molecule has 0 N–H and O–H groups in total. The Balaban J connectivity index is 0.000000150. The van der Waals surface area contributed by atoms with Crippen molar-refractivity contribution >= 4 is 154 Å². The Bertz CT molecular complexity index is 8020. The van der Waals surface area contributed by atoms with Crippen LogP contribution in [-0.2, 0) is 0 Å². The van der Waals surface area contributed by atoms with Crippen LogP contribution in [0.2, 0.25) is 0 Å². The zero-order chi connectivity index (χ0) is 87.6. The van der Waals surface area contributed by atoms with Crippen molar-refractivity contribution in [2.75, 3.05) is 19.6 Å². The first-order valence-electron chi connectivity index (χ1n) is 45.4. The molecule has 24 aromatic rings. The first-order chi connectivity index (χ1) is 65.6. The quantitative estimate of drug-likeness (QED) is 0.0849. The maximum atomic E-state index is 2.36. The van der Waals surface area contributed by atoms with E-state index in [9.17, 15) is 0 Å². The van der Waals surface area contributed by atoms with Crippen LogP contribution in [0.4, 0.5) is 68.2 Å². The van der Waals surface area contributed by atoms with E-state index in [0.717, 1.165) is 68.2 Å². The summed E-state index contributed by atoms with van der Waals surface area (Å²) in [4.78, 5) is 9.41. The lowest BCUT2D eigenvalue weighted by Crippen LogP contribution is -2.10. The third kappa shape index (κ3) is 14.7. The lowest BCUT2D eigenvalue weighted by Gasteiger charge is -2.27. The van der Waals surface area contributed by atoms with Gasteiger partial charge in [-0.05, 0) is 270 Å². The van der Waals surface area contributed by atoms with Gasteiger partial charge in [-0.2, -0.15) is 0 Å². The smallest absolute Gasteiger partial charge is 0.0540 e. The molecule has 0 aromatic heterocycles. The van der Waals surface area contributed by atoms with Crippen LogP contribution in [0.1, 0.15) is 0 Å². The van der Waals surface area contributed by atoms with Crippen LogP contribution in [0.15, 0.2) is 534 Å². The highest BCUT2D eigenvalue weighted by molar-refractivity contribution is 6.19. The fourth-order valence-electron chi connectivity index (χ4n) is 20.1. The number of benzene rings is 24. The minimum Gasteiger partial charge on any atom is -0.310 e. The summed E-state index contributed by atoms with van der Waals surface area (Å²) in [7, 11) is 0. The molecule has 0 unspecified atom stereocenters. The SMILES string of the molecule is c1ccc(N(c2ccccc2)c2ccc(-c3cccc4c(-c5ccc(-c6ccc(N(c7ccccc7)c7ccccc7)c7ccccc67)c6ccccc56)cccc34)c3ccccc23)cc1.c1ccc(N(c2ccccc2)c2ccc3cc(-c4ccc(-c5cccc6c(-c7ccc(N(c8ccccc8)c8ccccc8)c8ccccc78)cccc56)c5ccccc45)ccc3c2)cc1. The summed E-state index contributed by atoms with van der Waals surface area (Å²) < 4.78 is 0. The van der Waals surface area contributed by atoms with Crippen molar-refractivity contribution in [3.05, 3.63) is 534 Å². The van der Waals surface area contributed by atoms with Gasteiger partial charge >= 0.3 is 0 Å². The average molecular weight is 1680 g/mol. The predicted molar refractivity (Wildman–Crippen MR) is 564 cm³/mol. The van der Waals surface area contributed by atoms with E-state index < -0.39 is 0 Å². The van der Waals surface area contributed by atoms with E-state index in [1.807, 2.05) is 0 Å². The molecule has 0 radical (unpaired) electrons. The van der Waals surface area contributed by atoms with Gasteiger partial charge in [-0.25, -0.2) is 0 Å². The first kappa shape index (κ1) is 79.2. The Kier molecular flexibility index (Phi) is 21.0. The summed E-state index contributed by atoms with van der Waals surface area (Å²) in [5.41, 5.74) is 28.2. The zero-order valence-corrected chi connectivity index (χ0v) is 72.6. The van der Waals surface area contributed by atoms with Gasteiger partial charge in [0, 0.05) is 67.3 Å². The summed E-state index contributed by atoms with van der Waals surface area (Å²) in [5, 5.41) is 19.5. The molecule has 0 spiro atoms. The van der Waals surface area contributed by atoms with Crippen LogP contribution >= 0.6 is 0 Å². The number of nitrogens with zero attached hydrogens (tertiary/aromatic N) is 4. The molecule has 0 bridgehead atoms. The third-order valence-corrected chi connectivity index (χ3v) is 26.1. The number of para-hydroxylation sites is 8. The monoisotopic (exact) mass is 1680 g/mol. The largest absolute Gasteiger partial charge is 0.310 e. The average Bonchev–Trinajstić information content (AvgIpc) is 0.730. The Morgan fingerprint density at radius 1 is 0.0985 bits per heavy atom. The molecule has 0 aliphatic heterocycles. The van der Waals surface area contributed by atoms with Gasteiger partial charge in [0.15, 0.2) is 0 Å². The molecular formula is C128H88N4. The molecule has 620 valence electrons. The van der Waals surface area contributed by atoms with E-state index in [0.29, 0.717) is 0 Å². The summed E-state index contributed by atoms with van der Waals surface area (Å²) in [6.45, 7) is 0. The van der Waals surface area contributed by atoms with Gasteiger partial charge in [-0.15, -0.1) is 0 Å². The van der Waals surface area contributed by atoms with Gasteiger partial charge < -0.3 is 19.6 Å².